The first-order chi connectivity index (χ1) is 10.7. The van der Waals surface area contributed by atoms with Crippen LogP contribution in [0.3, 0.4) is 0 Å². The summed E-state index contributed by atoms with van der Waals surface area (Å²) in [7, 11) is 0. The van der Waals surface area contributed by atoms with E-state index in [-0.39, 0.29) is 11.3 Å². The molecular formula is C16H20N4O2. The summed E-state index contributed by atoms with van der Waals surface area (Å²) < 4.78 is 5.24. The van der Waals surface area contributed by atoms with Gasteiger partial charge in [-0.05, 0) is 43.5 Å². The summed E-state index contributed by atoms with van der Waals surface area (Å²) in [5.74, 6) is 0.379. The highest BCUT2D eigenvalue weighted by Crippen LogP contribution is 2.27. The number of hydrogen-bond acceptors (Lipinski definition) is 5. The second-order valence-electron chi connectivity index (χ2n) is 6.06. The molecule has 6 heteroatoms. The molecule has 0 atom stereocenters. The average molecular weight is 300 g/mol. The van der Waals surface area contributed by atoms with Gasteiger partial charge < -0.3 is 15.2 Å². The minimum absolute atomic E-state index is 0.151. The van der Waals surface area contributed by atoms with Crippen molar-refractivity contribution in [2.75, 3.05) is 19.6 Å². The number of carbonyl (C=O) groups is 1. The molecule has 0 spiro atoms. The van der Waals surface area contributed by atoms with Gasteiger partial charge in [0.25, 0.3) is 5.91 Å². The summed E-state index contributed by atoms with van der Waals surface area (Å²) in [6.45, 7) is 4.87. The maximum atomic E-state index is 12.2. The molecule has 0 saturated carbocycles. The van der Waals surface area contributed by atoms with Gasteiger partial charge in [0, 0.05) is 30.6 Å². The van der Waals surface area contributed by atoms with Gasteiger partial charge in [-0.25, -0.2) is 0 Å². The van der Waals surface area contributed by atoms with Crippen molar-refractivity contribution >= 4 is 5.91 Å². The molecule has 22 heavy (non-hydrogen) atoms. The van der Waals surface area contributed by atoms with Gasteiger partial charge in [-0.2, -0.15) is 0 Å². The number of carbonyl (C=O) groups excluding carboxylic acids is 1. The van der Waals surface area contributed by atoms with Gasteiger partial charge in [0.2, 0.25) is 0 Å². The van der Waals surface area contributed by atoms with Crippen LogP contribution in [0, 0.1) is 5.41 Å². The predicted octanol–water partition coefficient (Wildman–Crippen LogP) is 1.86. The second kappa shape index (κ2) is 6.27. The van der Waals surface area contributed by atoms with Crippen molar-refractivity contribution in [3.63, 3.8) is 0 Å². The van der Waals surface area contributed by atoms with E-state index in [2.05, 4.69) is 27.7 Å². The van der Waals surface area contributed by atoms with Gasteiger partial charge in [-0.15, -0.1) is 0 Å². The van der Waals surface area contributed by atoms with E-state index in [9.17, 15) is 4.79 Å². The lowest BCUT2D eigenvalue weighted by Crippen LogP contribution is -2.42. The number of pyridine rings is 1. The molecule has 0 bridgehead atoms. The first kappa shape index (κ1) is 14.7. The fourth-order valence-corrected chi connectivity index (χ4v) is 2.63. The first-order valence-corrected chi connectivity index (χ1v) is 7.52. The van der Waals surface area contributed by atoms with Crippen LogP contribution in [0.2, 0.25) is 0 Å². The van der Waals surface area contributed by atoms with E-state index < -0.39 is 0 Å². The molecule has 0 unspecified atom stereocenters. The smallest absolute Gasteiger partial charge is 0.273 e. The van der Waals surface area contributed by atoms with Gasteiger partial charge >= 0.3 is 0 Å². The van der Waals surface area contributed by atoms with E-state index >= 15 is 0 Å². The highest BCUT2D eigenvalue weighted by atomic mass is 16.5. The molecule has 2 aromatic heterocycles. The van der Waals surface area contributed by atoms with E-state index in [1.807, 2.05) is 12.1 Å². The molecule has 2 N–H and O–H groups in total. The molecule has 1 amide bonds. The van der Waals surface area contributed by atoms with E-state index in [0.717, 1.165) is 31.5 Å². The second-order valence-corrected chi connectivity index (χ2v) is 6.06. The molecular weight excluding hydrogens is 280 g/mol. The molecule has 0 aromatic carbocycles. The molecule has 116 valence electrons. The van der Waals surface area contributed by atoms with Crippen LogP contribution < -0.4 is 10.6 Å². The topological polar surface area (TPSA) is 80.1 Å². The van der Waals surface area contributed by atoms with Crippen LogP contribution in [0.25, 0.3) is 11.3 Å². The number of aromatic nitrogens is 2. The normalized spacial score (nSPS) is 17.1. The Balaban J connectivity index is 1.62. The Morgan fingerprint density at radius 1 is 1.36 bits per heavy atom. The maximum Gasteiger partial charge on any atom is 0.273 e. The molecule has 1 aliphatic rings. The minimum Gasteiger partial charge on any atom is -0.355 e. The zero-order valence-electron chi connectivity index (χ0n) is 12.6. The van der Waals surface area contributed by atoms with Crippen LogP contribution in [0.4, 0.5) is 0 Å². The Hall–Kier alpha value is -2.21. The third-order valence-electron chi connectivity index (χ3n) is 4.19. The zero-order chi connectivity index (χ0) is 15.4. The predicted molar refractivity (Wildman–Crippen MR) is 82.3 cm³/mol. The largest absolute Gasteiger partial charge is 0.355 e. The molecule has 3 heterocycles. The highest BCUT2D eigenvalue weighted by molar-refractivity contribution is 5.93. The minimum atomic E-state index is -0.191. The monoisotopic (exact) mass is 300 g/mol. The van der Waals surface area contributed by atoms with Crippen molar-refractivity contribution in [3.8, 4) is 11.3 Å². The van der Waals surface area contributed by atoms with Crippen molar-refractivity contribution in [2.24, 2.45) is 5.41 Å². The third kappa shape index (κ3) is 3.33. The Morgan fingerprint density at radius 2 is 2.09 bits per heavy atom. The van der Waals surface area contributed by atoms with Crippen LogP contribution in [0.15, 0.2) is 35.1 Å². The Labute approximate surface area is 129 Å². The van der Waals surface area contributed by atoms with Crippen LogP contribution in [0.5, 0.6) is 0 Å². The molecule has 0 radical (unpaired) electrons. The van der Waals surface area contributed by atoms with E-state index in [1.54, 1.807) is 18.5 Å². The molecule has 1 saturated heterocycles. The maximum absolute atomic E-state index is 12.2. The number of piperidine rings is 1. The van der Waals surface area contributed by atoms with Gasteiger partial charge in [0.05, 0.1) is 0 Å². The lowest BCUT2D eigenvalue weighted by Gasteiger charge is -2.33. The quantitative estimate of drug-likeness (QED) is 0.901. The van der Waals surface area contributed by atoms with Crippen LogP contribution in [-0.2, 0) is 0 Å². The number of nitrogens with zero attached hydrogens (tertiary/aromatic N) is 2. The summed E-state index contributed by atoms with van der Waals surface area (Å²) in [6, 6.07) is 5.30. The number of nitrogens with one attached hydrogen (secondary N) is 2. The lowest BCUT2D eigenvalue weighted by atomic mass is 9.81. The van der Waals surface area contributed by atoms with E-state index in [0.29, 0.717) is 18.0 Å². The van der Waals surface area contributed by atoms with Crippen LogP contribution >= 0.6 is 0 Å². The molecule has 1 fully saturated rings. The van der Waals surface area contributed by atoms with Crippen LogP contribution in [-0.4, -0.2) is 35.7 Å². The third-order valence-corrected chi connectivity index (χ3v) is 4.19. The number of rotatable bonds is 4. The van der Waals surface area contributed by atoms with Crippen molar-refractivity contribution in [1.82, 2.24) is 20.8 Å². The fourth-order valence-electron chi connectivity index (χ4n) is 2.63. The highest BCUT2D eigenvalue weighted by Gasteiger charge is 2.27. The van der Waals surface area contributed by atoms with Crippen LogP contribution in [0.1, 0.15) is 30.3 Å². The Kier molecular flexibility index (Phi) is 4.20. The molecule has 2 aromatic rings. The average Bonchev–Trinajstić information content (AvgIpc) is 3.04. The van der Waals surface area contributed by atoms with Gasteiger partial charge in [0.15, 0.2) is 11.5 Å². The van der Waals surface area contributed by atoms with Crippen molar-refractivity contribution in [3.05, 3.63) is 36.3 Å². The molecule has 1 aliphatic heterocycles. The lowest BCUT2D eigenvalue weighted by molar-refractivity contribution is 0.0913. The summed E-state index contributed by atoms with van der Waals surface area (Å²) >= 11 is 0. The van der Waals surface area contributed by atoms with Crippen molar-refractivity contribution in [1.29, 1.82) is 0 Å². The molecule has 6 nitrogen and oxygen atoms in total. The van der Waals surface area contributed by atoms with Gasteiger partial charge in [-0.3, -0.25) is 9.78 Å². The Bertz CT molecular complexity index is 633. The van der Waals surface area contributed by atoms with E-state index in [1.165, 1.54) is 0 Å². The SMILES string of the molecule is CC1(CNC(=O)c2cc(-c3ccncc3)on2)CCNCC1. The summed E-state index contributed by atoms with van der Waals surface area (Å²) in [5, 5.41) is 10.2. The number of hydrogen-bond donors (Lipinski definition) is 2. The van der Waals surface area contributed by atoms with E-state index in [4.69, 9.17) is 4.52 Å². The Morgan fingerprint density at radius 3 is 2.82 bits per heavy atom. The standard InChI is InChI=1S/C16H20N4O2/c1-16(4-8-18-9-5-16)11-19-15(21)13-10-14(22-20-13)12-2-6-17-7-3-12/h2-3,6-7,10,18H,4-5,8-9,11H2,1H3,(H,19,21). The fraction of sp³-hybridized carbons (Fsp3) is 0.438. The van der Waals surface area contributed by atoms with Crippen molar-refractivity contribution in [2.45, 2.75) is 19.8 Å². The summed E-state index contributed by atoms with van der Waals surface area (Å²) in [5.41, 5.74) is 1.31. The summed E-state index contributed by atoms with van der Waals surface area (Å²) in [6.07, 6.45) is 5.48. The number of amides is 1. The van der Waals surface area contributed by atoms with Gasteiger partial charge in [0.1, 0.15) is 0 Å². The first-order valence-electron chi connectivity index (χ1n) is 7.52. The zero-order valence-corrected chi connectivity index (χ0v) is 12.6. The molecule has 0 aliphatic carbocycles. The molecule has 3 rings (SSSR count). The van der Waals surface area contributed by atoms with Crippen molar-refractivity contribution < 1.29 is 9.32 Å². The van der Waals surface area contributed by atoms with Gasteiger partial charge in [-0.1, -0.05) is 12.1 Å². The summed E-state index contributed by atoms with van der Waals surface area (Å²) in [4.78, 5) is 16.2.